The fourth-order valence-electron chi connectivity index (χ4n) is 1.87. The van der Waals surface area contributed by atoms with Gasteiger partial charge >= 0.3 is 0 Å². The Kier molecular flexibility index (Phi) is 6.64. The summed E-state index contributed by atoms with van der Waals surface area (Å²) in [6, 6.07) is 16.5. The maximum atomic E-state index is 11.6. The van der Waals surface area contributed by atoms with E-state index in [2.05, 4.69) is 10.6 Å². The first-order valence-electron chi connectivity index (χ1n) is 7.60. The zero-order valence-corrected chi connectivity index (χ0v) is 13.5. The van der Waals surface area contributed by atoms with Gasteiger partial charge in [0.25, 0.3) is 5.91 Å². The van der Waals surface area contributed by atoms with Gasteiger partial charge in [0.2, 0.25) is 5.91 Å². The molecule has 6 heteroatoms. The van der Waals surface area contributed by atoms with E-state index in [0.29, 0.717) is 24.6 Å². The normalized spacial score (nSPS) is 9.88. The lowest BCUT2D eigenvalue weighted by Crippen LogP contribution is -2.36. The summed E-state index contributed by atoms with van der Waals surface area (Å²) in [7, 11) is 0. The number of hydrogen-bond donors (Lipinski definition) is 2. The van der Waals surface area contributed by atoms with E-state index in [1.165, 1.54) is 6.92 Å². The second-order valence-corrected chi connectivity index (χ2v) is 5.01. The minimum absolute atomic E-state index is 0.0844. The number of carbonyl (C=O) groups is 2. The summed E-state index contributed by atoms with van der Waals surface area (Å²) < 4.78 is 11.1. The average Bonchev–Trinajstić information content (AvgIpc) is 2.59. The van der Waals surface area contributed by atoms with Crippen molar-refractivity contribution in [3.8, 4) is 17.2 Å². The summed E-state index contributed by atoms with van der Waals surface area (Å²) in [4.78, 5) is 22.3. The molecule has 6 nitrogen and oxygen atoms in total. The summed E-state index contributed by atoms with van der Waals surface area (Å²) in [6.45, 7) is 2.10. The highest BCUT2D eigenvalue weighted by atomic mass is 16.5. The summed E-state index contributed by atoms with van der Waals surface area (Å²) in [5.41, 5.74) is 0. The quantitative estimate of drug-likeness (QED) is 0.728. The van der Waals surface area contributed by atoms with Gasteiger partial charge in [0.1, 0.15) is 17.2 Å². The molecule has 0 atom stereocenters. The number of amides is 2. The maximum Gasteiger partial charge on any atom is 0.258 e. The Balaban J connectivity index is 1.71. The molecule has 0 saturated heterocycles. The van der Waals surface area contributed by atoms with Crippen LogP contribution in [0.1, 0.15) is 6.92 Å². The summed E-state index contributed by atoms with van der Waals surface area (Å²) in [5.74, 6) is 1.65. The predicted molar refractivity (Wildman–Crippen MR) is 90.1 cm³/mol. The second kappa shape index (κ2) is 9.19. The number of benzene rings is 2. The summed E-state index contributed by atoms with van der Waals surface area (Å²) in [6.07, 6.45) is 0. The molecule has 2 rings (SSSR count). The van der Waals surface area contributed by atoms with E-state index in [1.807, 2.05) is 30.3 Å². The van der Waals surface area contributed by atoms with Crippen molar-refractivity contribution in [1.82, 2.24) is 10.6 Å². The van der Waals surface area contributed by atoms with Crippen LogP contribution in [0.15, 0.2) is 54.6 Å². The molecule has 0 aromatic heterocycles. The molecule has 0 aliphatic carbocycles. The van der Waals surface area contributed by atoms with E-state index in [4.69, 9.17) is 9.47 Å². The molecule has 2 N–H and O–H groups in total. The van der Waals surface area contributed by atoms with Crippen molar-refractivity contribution in [3.63, 3.8) is 0 Å². The third-order valence-electron chi connectivity index (χ3n) is 2.99. The fraction of sp³-hybridized carbons (Fsp3) is 0.222. The lowest BCUT2D eigenvalue weighted by Gasteiger charge is -2.09. The SMILES string of the molecule is CC(=O)NCCNC(=O)COc1ccc(Oc2ccccc2)cc1. The van der Waals surface area contributed by atoms with Crippen molar-refractivity contribution in [2.75, 3.05) is 19.7 Å². The molecule has 2 aromatic rings. The third-order valence-corrected chi connectivity index (χ3v) is 2.99. The maximum absolute atomic E-state index is 11.6. The van der Waals surface area contributed by atoms with Crippen LogP contribution in [0, 0.1) is 0 Å². The molecule has 2 amide bonds. The Bertz CT molecular complexity index is 656. The number of para-hydroxylation sites is 1. The van der Waals surface area contributed by atoms with Gasteiger partial charge in [-0.05, 0) is 36.4 Å². The molecule has 0 unspecified atom stereocenters. The molecule has 0 aliphatic rings. The van der Waals surface area contributed by atoms with Crippen LogP contribution in [0.3, 0.4) is 0 Å². The van der Waals surface area contributed by atoms with Gasteiger partial charge in [-0.2, -0.15) is 0 Å². The van der Waals surface area contributed by atoms with Crippen molar-refractivity contribution >= 4 is 11.8 Å². The number of carbonyl (C=O) groups excluding carboxylic acids is 2. The number of nitrogens with one attached hydrogen (secondary N) is 2. The number of hydrogen-bond acceptors (Lipinski definition) is 4. The Morgan fingerprint density at radius 1 is 0.833 bits per heavy atom. The molecule has 126 valence electrons. The van der Waals surface area contributed by atoms with Gasteiger partial charge in [-0.3, -0.25) is 9.59 Å². The van der Waals surface area contributed by atoms with Gasteiger partial charge in [0.05, 0.1) is 0 Å². The zero-order valence-electron chi connectivity index (χ0n) is 13.5. The van der Waals surface area contributed by atoms with Crippen molar-refractivity contribution in [2.24, 2.45) is 0 Å². The van der Waals surface area contributed by atoms with Crippen LogP contribution in [0.2, 0.25) is 0 Å². The molecular formula is C18H20N2O4. The van der Waals surface area contributed by atoms with Crippen LogP contribution in [0.4, 0.5) is 0 Å². The van der Waals surface area contributed by atoms with Crippen molar-refractivity contribution < 1.29 is 19.1 Å². The highest BCUT2D eigenvalue weighted by Gasteiger charge is 2.03. The van der Waals surface area contributed by atoms with E-state index < -0.39 is 0 Å². The van der Waals surface area contributed by atoms with E-state index in [9.17, 15) is 9.59 Å². The van der Waals surface area contributed by atoms with Gasteiger partial charge in [-0.15, -0.1) is 0 Å². The molecule has 24 heavy (non-hydrogen) atoms. The van der Waals surface area contributed by atoms with Crippen molar-refractivity contribution in [1.29, 1.82) is 0 Å². The molecule has 0 heterocycles. The van der Waals surface area contributed by atoms with E-state index in [1.54, 1.807) is 24.3 Å². The molecule has 0 aliphatic heterocycles. The molecular weight excluding hydrogens is 308 g/mol. The van der Waals surface area contributed by atoms with Crippen LogP contribution in [0.5, 0.6) is 17.2 Å². The Labute approximate surface area is 140 Å². The second-order valence-electron chi connectivity index (χ2n) is 5.01. The number of rotatable bonds is 8. The zero-order chi connectivity index (χ0) is 17.2. The molecule has 0 saturated carbocycles. The van der Waals surface area contributed by atoms with Crippen molar-refractivity contribution in [2.45, 2.75) is 6.92 Å². The average molecular weight is 328 g/mol. The first kappa shape index (κ1) is 17.3. The lowest BCUT2D eigenvalue weighted by atomic mass is 10.3. The van der Waals surface area contributed by atoms with Crippen molar-refractivity contribution in [3.05, 3.63) is 54.6 Å². The van der Waals surface area contributed by atoms with Crippen LogP contribution in [0.25, 0.3) is 0 Å². The third kappa shape index (κ3) is 6.39. The first-order valence-corrected chi connectivity index (χ1v) is 7.60. The Morgan fingerprint density at radius 2 is 1.42 bits per heavy atom. The molecule has 0 bridgehead atoms. The van der Waals surface area contributed by atoms with Gasteiger partial charge in [0, 0.05) is 20.0 Å². The van der Waals surface area contributed by atoms with Crippen LogP contribution >= 0.6 is 0 Å². The highest BCUT2D eigenvalue weighted by Crippen LogP contribution is 2.23. The van der Waals surface area contributed by atoms with Gasteiger partial charge < -0.3 is 20.1 Å². The van der Waals surface area contributed by atoms with Crippen LogP contribution in [-0.2, 0) is 9.59 Å². The molecule has 0 spiro atoms. The van der Waals surface area contributed by atoms with Crippen LogP contribution < -0.4 is 20.1 Å². The van der Waals surface area contributed by atoms with E-state index in [0.717, 1.165) is 5.75 Å². The highest BCUT2D eigenvalue weighted by molar-refractivity contribution is 5.77. The Morgan fingerprint density at radius 3 is 2.08 bits per heavy atom. The standard InChI is InChI=1S/C18H20N2O4/c1-14(21)19-11-12-20-18(22)13-23-15-7-9-17(10-8-15)24-16-5-3-2-4-6-16/h2-10H,11-13H2,1H3,(H,19,21)(H,20,22). The largest absolute Gasteiger partial charge is 0.484 e. The summed E-state index contributed by atoms with van der Waals surface area (Å²) in [5, 5.41) is 5.24. The lowest BCUT2D eigenvalue weighted by molar-refractivity contribution is -0.123. The van der Waals surface area contributed by atoms with Gasteiger partial charge in [0.15, 0.2) is 6.61 Å². The monoisotopic (exact) mass is 328 g/mol. The topological polar surface area (TPSA) is 76.7 Å². The summed E-state index contributed by atoms with van der Waals surface area (Å²) >= 11 is 0. The van der Waals surface area contributed by atoms with E-state index in [-0.39, 0.29) is 18.4 Å². The predicted octanol–water partition coefficient (Wildman–Crippen LogP) is 2.11. The fourth-order valence-corrected chi connectivity index (χ4v) is 1.87. The Hall–Kier alpha value is -3.02. The smallest absolute Gasteiger partial charge is 0.258 e. The minimum atomic E-state index is -0.245. The van der Waals surface area contributed by atoms with E-state index >= 15 is 0 Å². The molecule has 0 radical (unpaired) electrons. The molecule has 2 aromatic carbocycles. The first-order chi connectivity index (χ1) is 11.6. The number of ether oxygens (including phenoxy) is 2. The molecule has 0 fully saturated rings. The minimum Gasteiger partial charge on any atom is -0.484 e. The van der Waals surface area contributed by atoms with Gasteiger partial charge in [-0.25, -0.2) is 0 Å². The van der Waals surface area contributed by atoms with Gasteiger partial charge in [-0.1, -0.05) is 18.2 Å². The van der Waals surface area contributed by atoms with Crippen LogP contribution in [-0.4, -0.2) is 31.5 Å².